The Morgan fingerprint density at radius 3 is 3.15 bits per heavy atom. The van der Waals surface area contributed by atoms with Crippen LogP contribution < -0.4 is 4.90 Å². The fourth-order valence-electron chi connectivity index (χ4n) is 1.62. The SMILES string of the molecule is CC1CC(=O)c2cccnc2N1C. The molecule has 1 aromatic heterocycles. The second-order valence-electron chi connectivity index (χ2n) is 3.46. The van der Waals surface area contributed by atoms with Crippen molar-refractivity contribution >= 4 is 11.6 Å². The molecular weight excluding hydrogens is 164 g/mol. The number of rotatable bonds is 0. The molecule has 1 aliphatic heterocycles. The van der Waals surface area contributed by atoms with Crippen LogP contribution in [-0.2, 0) is 0 Å². The Morgan fingerprint density at radius 2 is 2.38 bits per heavy atom. The van der Waals surface area contributed by atoms with Crippen molar-refractivity contribution in [2.75, 3.05) is 11.9 Å². The summed E-state index contributed by atoms with van der Waals surface area (Å²) in [5.74, 6) is 1.01. The Kier molecular flexibility index (Phi) is 1.79. The van der Waals surface area contributed by atoms with E-state index in [0.29, 0.717) is 6.42 Å². The fourth-order valence-corrected chi connectivity index (χ4v) is 1.62. The second-order valence-corrected chi connectivity index (χ2v) is 3.46. The van der Waals surface area contributed by atoms with Crippen molar-refractivity contribution in [3.63, 3.8) is 0 Å². The van der Waals surface area contributed by atoms with Gasteiger partial charge in [-0.1, -0.05) is 0 Å². The van der Waals surface area contributed by atoms with Crippen LogP contribution in [-0.4, -0.2) is 23.9 Å². The van der Waals surface area contributed by atoms with Gasteiger partial charge < -0.3 is 4.90 Å². The molecule has 3 heteroatoms. The molecule has 1 aromatic rings. The number of carbonyl (C=O) groups excluding carboxylic acids is 1. The van der Waals surface area contributed by atoms with Crippen molar-refractivity contribution in [1.29, 1.82) is 0 Å². The maximum atomic E-state index is 11.6. The first-order valence-electron chi connectivity index (χ1n) is 4.41. The zero-order valence-corrected chi connectivity index (χ0v) is 7.82. The van der Waals surface area contributed by atoms with E-state index in [1.807, 2.05) is 20.0 Å². The molecule has 68 valence electrons. The molecule has 0 saturated heterocycles. The summed E-state index contributed by atoms with van der Waals surface area (Å²) < 4.78 is 0. The molecule has 13 heavy (non-hydrogen) atoms. The van der Waals surface area contributed by atoms with E-state index in [1.165, 1.54) is 0 Å². The lowest BCUT2D eigenvalue weighted by atomic mass is 9.99. The third kappa shape index (κ3) is 1.20. The minimum Gasteiger partial charge on any atom is -0.356 e. The topological polar surface area (TPSA) is 33.2 Å². The molecule has 0 bridgehead atoms. The maximum absolute atomic E-state index is 11.6. The fraction of sp³-hybridized carbons (Fsp3) is 0.400. The maximum Gasteiger partial charge on any atom is 0.168 e. The van der Waals surface area contributed by atoms with Gasteiger partial charge in [-0.25, -0.2) is 4.98 Å². The van der Waals surface area contributed by atoms with Gasteiger partial charge in [0.1, 0.15) is 5.82 Å². The molecular formula is C10H12N2O. The first-order valence-corrected chi connectivity index (χ1v) is 4.41. The second kappa shape index (κ2) is 2.83. The summed E-state index contributed by atoms with van der Waals surface area (Å²) in [5, 5.41) is 0. The number of pyridine rings is 1. The number of anilines is 1. The Balaban J connectivity index is 2.53. The highest BCUT2D eigenvalue weighted by atomic mass is 16.1. The summed E-state index contributed by atoms with van der Waals surface area (Å²) in [7, 11) is 1.98. The number of carbonyl (C=O) groups is 1. The summed E-state index contributed by atoms with van der Waals surface area (Å²) in [6, 6.07) is 3.91. The van der Waals surface area contributed by atoms with Gasteiger partial charge in [-0.2, -0.15) is 0 Å². The van der Waals surface area contributed by atoms with Gasteiger partial charge in [0.2, 0.25) is 0 Å². The van der Waals surface area contributed by atoms with Crippen LogP contribution >= 0.6 is 0 Å². The average molecular weight is 176 g/mol. The molecule has 2 heterocycles. The lowest BCUT2D eigenvalue weighted by molar-refractivity contribution is 0.0969. The standard InChI is InChI=1S/C10H12N2O/c1-7-6-9(13)8-4-3-5-11-10(8)12(7)2/h3-5,7H,6H2,1-2H3. The number of Topliss-reactive ketones (excluding diaryl/α,β-unsaturated/α-hetero) is 1. The summed E-state index contributed by atoms with van der Waals surface area (Å²) >= 11 is 0. The summed E-state index contributed by atoms with van der Waals surface area (Å²) in [6.07, 6.45) is 2.32. The minimum atomic E-state index is 0.203. The Hall–Kier alpha value is -1.38. The van der Waals surface area contributed by atoms with Gasteiger partial charge in [0.25, 0.3) is 0 Å². The quantitative estimate of drug-likeness (QED) is 0.600. The van der Waals surface area contributed by atoms with Gasteiger partial charge >= 0.3 is 0 Å². The van der Waals surface area contributed by atoms with Crippen molar-refractivity contribution in [2.45, 2.75) is 19.4 Å². The third-order valence-electron chi connectivity index (χ3n) is 2.56. The Bertz CT molecular complexity index is 349. The van der Waals surface area contributed by atoms with E-state index in [9.17, 15) is 4.79 Å². The molecule has 0 aromatic carbocycles. The number of hydrogen-bond donors (Lipinski definition) is 0. The zero-order chi connectivity index (χ0) is 9.42. The predicted octanol–water partition coefficient (Wildman–Crippen LogP) is 1.49. The minimum absolute atomic E-state index is 0.203. The third-order valence-corrected chi connectivity index (χ3v) is 2.56. The lowest BCUT2D eigenvalue weighted by Gasteiger charge is -2.31. The van der Waals surface area contributed by atoms with Gasteiger partial charge in [0.15, 0.2) is 5.78 Å². The predicted molar refractivity (Wildman–Crippen MR) is 51.0 cm³/mol. The van der Waals surface area contributed by atoms with E-state index in [1.54, 1.807) is 12.3 Å². The molecule has 1 unspecified atom stereocenters. The molecule has 2 rings (SSSR count). The molecule has 0 fully saturated rings. The molecule has 0 amide bonds. The van der Waals surface area contributed by atoms with Crippen LogP contribution in [0, 0.1) is 0 Å². The Labute approximate surface area is 77.4 Å². The lowest BCUT2D eigenvalue weighted by Crippen LogP contribution is -2.37. The summed E-state index contributed by atoms with van der Waals surface area (Å²) in [4.78, 5) is 17.8. The van der Waals surface area contributed by atoms with Crippen molar-refractivity contribution in [2.24, 2.45) is 0 Å². The van der Waals surface area contributed by atoms with E-state index >= 15 is 0 Å². The van der Waals surface area contributed by atoms with Crippen LogP contribution in [0.4, 0.5) is 5.82 Å². The smallest absolute Gasteiger partial charge is 0.168 e. The van der Waals surface area contributed by atoms with E-state index in [0.717, 1.165) is 11.4 Å². The summed E-state index contributed by atoms with van der Waals surface area (Å²) in [6.45, 7) is 2.04. The highest BCUT2D eigenvalue weighted by Crippen LogP contribution is 2.26. The monoisotopic (exact) mass is 176 g/mol. The highest BCUT2D eigenvalue weighted by Gasteiger charge is 2.26. The van der Waals surface area contributed by atoms with Crippen LogP contribution in [0.25, 0.3) is 0 Å². The molecule has 0 spiro atoms. The van der Waals surface area contributed by atoms with Crippen molar-refractivity contribution in [3.05, 3.63) is 23.9 Å². The first kappa shape index (κ1) is 8.23. The molecule has 0 N–H and O–H groups in total. The van der Waals surface area contributed by atoms with E-state index < -0.39 is 0 Å². The average Bonchev–Trinajstić information content (AvgIpc) is 2.15. The van der Waals surface area contributed by atoms with Crippen LogP contribution in [0.5, 0.6) is 0 Å². The van der Waals surface area contributed by atoms with Crippen LogP contribution in [0.2, 0.25) is 0 Å². The van der Waals surface area contributed by atoms with Gasteiger partial charge in [-0.3, -0.25) is 4.79 Å². The molecule has 0 aliphatic carbocycles. The van der Waals surface area contributed by atoms with Crippen molar-refractivity contribution in [1.82, 2.24) is 4.98 Å². The number of aromatic nitrogens is 1. The number of fused-ring (bicyclic) bond motifs is 1. The molecule has 0 radical (unpaired) electrons. The number of ketones is 1. The van der Waals surface area contributed by atoms with Crippen LogP contribution in [0.1, 0.15) is 23.7 Å². The van der Waals surface area contributed by atoms with Crippen LogP contribution in [0.15, 0.2) is 18.3 Å². The molecule has 1 aliphatic rings. The summed E-state index contributed by atoms with van der Waals surface area (Å²) in [5.41, 5.74) is 0.753. The normalized spacial score (nSPS) is 21.5. The molecule has 0 saturated carbocycles. The van der Waals surface area contributed by atoms with E-state index in [4.69, 9.17) is 0 Å². The van der Waals surface area contributed by atoms with E-state index in [2.05, 4.69) is 9.88 Å². The zero-order valence-electron chi connectivity index (χ0n) is 7.82. The van der Waals surface area contributed by atoms with E-state index in [-0.39, 0.29) is 11.8 Å². The molecule has 3 nitrogen and oxygen atoms in total. The molecule has 1 atom stereocenters. The van der Waals surface area contributed by atoms with Gasteiger partial charge in [0, 0.05) is 25.7 Å². The van der Waals surface area contributed by atoms with Crippen molar-refractivity contribution < 1.29 is 4.79 Å². The number of nitrogens with zero attached hydrogens (tertiary/aromatic N) is 2. The van der Waals surface area contributed by atoms with Crippen molar-refractivity contribution in [3.8, 4) is 0 Å². The van der Waals surface area contributed by atoms with Gasteiger partial charge in [-0.15, -0.1) is 0 Å². The van der Waals surface area contributed by atoms with Gasteiger partial charge in [-0.05, 0) is 19.1 Å². The Morgan fingerprint density at radius 1 is 1.62 bits per heavy atom. The first-order chi connectivity index (χ1) is 6.20. The number of hydrogen-bond acceptors (Lipinski definition) is 3. The van der Waals surface area contributed by atoms with Crippen LogP contribution in [0.3, 0.4) is 0 Å². The highest BCUT2D eigenvalue weighted by molar-refractivity contribution is 6.02. The van der Waals surface area contributed by atoms with Gasteiger partial charge in [0.05, 0.1) is 5.56 Å². The largest absolute Gasteiger partial charge is 0.356 e.